The highest BCUT2D eigenvalue weighted by Crippen LogP contribution is 2.07. The number of ether oxygens (including phenoxy) is 2. The van der Waals surface area contributed by atoms with Gasteiger partial charge in [0.2, 0.25) is 11.8 Å². The van der Waals surface area contributed by atoms with E-state index in [2.05, 4.69) is 10.3 Å². The Kier molecular flexibility index (Phi) is 5.98. The summed E-state index contributed by atoms with van der Waals surface area (Å²) in [6.07, 6.45) is 1.63. The SMILES string of the molecule is COc1cc(CNC(=O)COCCN)ccn1. The quantitative estimate of drug-likeness (QED) is 0.637. The third kappa shape index (κ3) is 5.28. The number of carbonyl (C=O) groups is 1. The molecule has 0 aliphatic carbocycles. The summed E-state index contributed by atoms with van der Waals surface area (Å²) in [5, 5.41) is 2.72. The second-order valence-electron chi connectivity index (χ2n) is 3.32. The van der Waals surface area contributed by atoms with Gasteiger partial charge in [0.25, 0.3) is 0 Å². The molecule has 0 aliphatic heterocycles. The first-order chi connectivity index (χ1) is 8.26. The maximum absolute atomic E-state index is 11.3. The molecule has 6 heteroatoms. The molecule has 0 fully saturated rings. The highest BCUT2D eigenvalue weighted by molar-refractivity contribution is 5.77. The van der Waals surface area contributed by atoms with Crippen molar-refractivity contribution in [3.63, 3.8) is 0 Å². The van der Waals surface area contributed by atoms with E-state index in [0.717, 1.165) is 5.56 Å². The molecular formula is C11H17N3O3. The van der Waals surface area contributed by atoms with Crippen LogP contribution in [0.4, 0.5) is 0 Å². The number of amides is 1. The first-order valence-electron chi connectivity index (χ1n) is 5.29. The second kappa shape index (κ2) is 7.59. The number of nitrogens with zero attached hydrogens (tertiary/aromatic N) is 1. The average molecular weight is 239 g/mol. The molecule has 1 aromatic rings. The van der Waals surface area contributed by atoms with Crippen molar-refractivity contribution in [1.29, 1.82) is 0 Å². The first kappa shape index (κ1) is 13.4. The average Bonchev–Trinajstić information content (AvgIpc) is 2.37. The van der Waals surface area contributed by atoms with Crippen molar-refractivity contribution >= 4 is 5.91 Å². The van der Waals surface area contributed by atoms with Gasteiger partial charge in [0, 0.05) is 25.4 Å². The normalized spacial score (nSPS) is 10.0. The van der Waals surface area contributed by atoms with Crippen LogP contribution < -0.4 is 15.8 Å². The molecule has 0 atom stereocenters. The van der Waals surface area contributed by atoms with E-state index < -0.39 is 0 Å². The number of hydrogen-bond acceptors (Lipinski definition) is 5. The van der Waals surface area contributed by atoms with Gasteiger partial charge in [0.1, 0.15) is 6.61 Å². The highest BCUT2D eigenvalue weighted by Gasteiger charge is 2.02. The summed E-state index contributed by atoms with van der Waals surface area (Å²) in [5.74, 6) is 0.352. The standard InChI is InChI=1S/C11H17N3O3/c1-16-11-6-9(2-4-13-11)7-14-10(15)8-17-5-3-12/h2,4,6H,3,5,7-8,12H2,1H3,(H,14,15). The number of methoxy groups -OCH3 is 1. The topological polar surface area (TPSA) is 86.5 Å². The van der Waals surface area contributed by atoms with Crippen LogP contribution in [-0.2, 0) is 16.1 Å². The summed E-state index contributed by atoms with van der Waals surface area (Å²) in [4.78, 5) is 15.3. The van der Waals surface area contributed by atoms with E-state index in [9.17, 15) is 4.79 Å². The first-order valence-corrected chi connectivity index (χ1v) is 5.29. The van der Waals surface area contributed by atoms with Crippen molar-refractivity contribution < 1.29 is 14.3 Å². The van der Waals surface area contributed by atoms with Crippen LogP contribution in [0.1, 0.15) is 5.56 Å². The Hall–Kier alpha value is -1.66. The predicted octanol–water partition coefficient (Wildman–Crippen LogP) is -0.318. The molecule has 0 saturated heterocycles. The molecule has 0 saturated carbocycles. The number of hydrogen-bond donors (Lipinski definition) is 2. The summed E-state index contributed by atoms with van der Waals surface area (Å²) in [7, 11) is 1.55. The van der Waals surface area contributed by atoms with Gasteiger partial charge in [-0.1, -0.05) is 0 Å². The fourth-order valence-electron chi connectivity index (χ4n) is 1.17. The van der Waals surface area contributed by atoms with Crippen LogP contribution in [0.2, 0.25) is 0 Å². The minimum Gasteiger partial charge on any atom is -0.481 e. The van der Waals surface area contributed by atoms with Crippen LogP contribution in [0, 0.1) is 0 Å². The van der Waals surface area contributed by atoms with Crippen LogP contribution >= 0.6 is 0 Å². The maximum atomic E-state index is 11.3. The number of aromatic nitrogens is 1. The smallest absolute Gasteiger partial charge is 0.246 e. The van der Waals surface area contributed by atoms with Crippen LogP contribution in [0.3, 0.4) is 0 Å². The van der Waals surface area contributed by atoms with Crippen LogP contribution in [-0.4, -0.2) is 37.8 Å². The molecule has 1 heterocycles. The molecule has 94 valence electrons. The van der Waals surface area contributed by atoms with Gasteiger partial charge in [-0.15, -0.1) is 0 Å². The number of rotatable bonds is 7. The van der Waals surface area contributed by atoms with Gasteiger partial charge >= 0.3 is 0 Å². The van der Waals surface area contributed by atoms with Gasteiger partial charge in [-0.2, -0.15) is 0 Å². The number of carbonyl (C=O) groups excluding carboxylic acids is 1. The fourth-order valence-corrected chi connectivity index (χ4v) is 1.17. The van der Waals surface area contributed by atoms with Crippen molar-refractivity contribution in [2.24, 2.45) is 5.73 Å². The summed E-state index contributed by atoms with van der Waals surface area (Å²) in [6.45, 7) is 1.24. The van der Waals surface area contributed by atoms with Crippen LogP contribution in [0.5, 0.6) is 5.88 Å². The van der Waals surface area contributed by atoms with Crippen molar-refractivity contribution in [3.05, 3.63) is 23.9 Å². The van der Waals surface area contributed by atoms with Crippen molar-refractivity contribution in [2.45, 2.75) is 6.54 Å². The fraction of sp³-hybridized carbons (Fsp3) is 0.455. The van der Waals surface area contributed by atoms with Crippen molar-refractivity contribution in [2.75, 3.05) is 26.9 Å². The van der Waals surface area contributed by atoms with Gasteiger partial charge < -0.3 is 20.5 Å². The number of pyridine rings is 1. The van der Waals surface area contributed by atoms with Crippen LogP contribution in [0.15, 0.2) is 18.3 Å². The predicted molar refractivity (Wildman–Crippen MR) is 62.5 cm³/mol. The minimum atomic E-state index is -0.172. The molecule has 1 amide bonds. The lowest BCUT2D eigenvalue weighted by molar-refractivity contribution is -0.125. The Labute approximate surface area is 100 Å². The molecular weight excluding hydrogens is 222 g/mol. The lowest BCUT2D eigenvalue weighted by atomic mass is 10.2. The number of nitrogens with one attached hydrogen (secondary N) is 1. The number of nitrogens with two attached hydrogens (primary N) is 1. The summed E-state index contributed by atoms with van der Waals surface area (Å²) in [5.41, 5.74) is 6.15. The van der Waals surface area contributed by atoms with E-state index >= 15 is 0 Å². The molecule has 1 aromatic heterocycles. The molecule has 0 radical (unpaired) electrons. The largest absolute Gasteiger partial charge is 0.481 e. The summed E-state index contributed by atoms with van der Waals surface area (Å²) < 4.78 is 9.98. The molecule has 0 aliphatic rings. The van der Waals surface area contributed by atoms with E-state index in [4.69, 9.17) is 15.2 Å². The third-order valence-electron chi connectivity index (χ3n) is 1.99. The Morgan fingerprint density at radius 2 is 2.41 bits per heavy atom. The van der Waals surface area contributed by atoms with Gasteiger partial charge in [-0.05, 0) is 11.6 Å². The molecule has 0 aromatic carbocycles. The Morgan fingerprint density at radius 1 is 1.59 bits per heavy atom. The Bertz CT molecular complexity index is 358. The lowest BCUT2D eigenvalue weighted by Crippen LogP contribution is -2.28. The molecule has 0 bridgehead atoms. The summed E-state index contributed by atoms with van der Waals surface area (Å²) in [6, 6.07) is 3.57. The van der Waals surface area contributed by atoms with Gasteiger partial charge in [0.05, 0.1) is 13.7 Å². The molecule has 3 N–H and O–H groups in total. The van der Waals surface area contributed by atoms with Gasteiger partial charge in [-0.3, -0.25) is 4.79 Å². The second-order valence-corrected chi connectivity index (χ2v) is 3.32. The Morgan fingerprint density at radius 3 is 3.12 bits per heavy atom. The Balaban J connectivity index is 2.31. The maximum Gasteiger partial charge on any atom is 0.246 e. The van der Waals surface area contributed by atoms with E-state index in [1.54, 1.807) is 19.4 Å². The monoisotopic (exact) mass is 239 g/mol. The van der Waals surface area contributed by atoms with E-state index in [1.165, 1.54) is 0 Å². The molecule has 0 spiro atoms. The van der Waals surface area contributed by atoms with Crippen molar-refractivity contribution in [1.82, 2.24) is 10.3 Å². The third-order valence-corrected chi connectivity index (χ3v) is 1.99. The summed E-state index contributed by atoms with van der Waals surface area (Å²) >= 11 is 0. The molecule has 1 rings (SSSR count). The molecule has 17 heavy (non-hydrogen) atoms. The van der Waals surface area contributed by atoms with Crippen molar-refractivity contribution in [3.8, 4) is 5.88 Å². The van der Waals surface area contributed by atoms with E-state index in [0.29, 0.717) is 25.6 Å². The zero-order valence-electron chi connectivity index (χ0n) is 9.81. The minimum absolute atomic E-state index is 0.0272. The van der Waals surface area contributed by atoms with E-state index in [1.807, 2.05) is 6.07 Å². The van der Waals surface area contributed by atoms with Gasteiger partial charge in [0.15, 0.2) is 0 Å². The molecule has 6 nitrogen and oxygen atoms in total. The highest BCUT2D eigenvalue weighted by atomic mass is 16.5. The zero-order chi connectivity index (χ0) is 12.5. The lowest BCUT2D eigenvalue weighted by Gasteiger charge is -2.06. The van der Waals surface area contributed by atoms with Crippen LogP contribution in [0.25, 0.3) is 0 Å². The molecule has 0 unspecified atom stereocenters. The van der Waals surface area contributed by atoms with E-state index in [-0.39, 0.29) is 12.5 Å². The zero-order valence-corrected chi connectivity index (χ0v) is 9.81. The van der Waals surface area contributed by atoms with Gasteiger partial charge in [-0.25, -0.2) is 4.98 Å².